The molecule has 0 amide bonds. The zero-order chi connectivity index (χ0) is 18.4. The smallest absolute Gasteiger partial charge is 0.258 e. The van der Waals surface area contributed by atoms with Crippen LogP contribution in [-0.4, -0.2) is 24.0 Å². The molecule has 1 aliphatic rings. The molecule has 0 atom stereocenters. The summed E-state index contributed by atoms with van der Waals surface area (Å²) in [5.41, 5.74) is 8.23. The van der Waals surface area contributed by atoms with E-state index in [9.17, 15) is 9.59 Å². The molecule has 2 aromatic carbocycles. The Labute approximate surface area is 163 Å². The molecule has 0 aliphatic heterocycles. The van der Waals surface area contributed by atoms with E-state index >= 15 is 0 Å². The summed E-state index contributed by atoms with van der Waals surface area (Å²) < 4.78 is 7.94. The van der Waals surface area contributed by atoms with Crippen molar-refractivity contribution < 1.29 is 9.53 Å². The van der Waals surface area contributed by atoms with Crippen LogP contribution in [0.5, 0.6) is 5.75 Å². The van der Waals surface area contributed by atoms with E-state index in [4.69, 9.17) is 10.5 Å². The molecule has 132 valence electrons. The van der Waals surface area contributed by atoms with E-state index < -0.39 is 0 Å². The number of nitrogens with zero attached hydrogens (tertiary/aromatic N) is 1. The molecule has 1 heterocycles. The lowest BCUT2D eigenvalue weighted by Gasteiger charge is -2.15. The van der Waals surface area contributed by atoms with Crippen molar-refractivity contribution in [1.82, 2.24) is 4.57 Å². The van der Waals surface area contributed by atoms with Crippen LogP contribution in [-0.2, 0) is 6.54 Å². The number of rotatable bonds is 4. The van der Waals surface area contributed by atoms with Gasteiger partial charge in [0, 0.05) is 32.0 Å². The highest BCUT2D eigenvalue weighted by atomic mass is 127. The average Bonchev–Trinajstić information content (AvgIpc) is 2.94. The third kappa shape index (κ3) is 2.47. The number of methoxy groups -OCH3 is 1. The number of benzene rings is 2. The summed E-state index contributed by atoms with van der Waals surface area (Å²) in [5.74, 6) is 0.557. The van der Waals surface area contributed by atoms with Gasteiger partial charge in [0.05, 0.1) is 18.4 Å². The molecular formula is C20H17IN2O3. The maximum atomic E-state index is 13.2. The Morgan fingerprint density at radius 3 is 2.62 bits per heavy atom. The van der Waals surface area contributed by atoms with E-state index in [0.29, 0.717) is 52.9 Å². The third-order valence-electron chi connectivity index (χ3n) is 4.77. The fourth-order valence-electron chi connectivity index (χ4n) is 3.57. The summed E-state index contributed by atoms with van der Waals surface area (Å²) in [4.78, 5) is 26.4. The minimum Gasteiger partial charge on any atom is -0.497 e. The number of halogens is 1. The molecule has 0 spiro atoms. The van der Waals surface area contributed by atoms with Gasteiger partial charge in [-0.25, -0.2) is 0 Å². The van der Waals surface area contributed by atoms with Gasteiger partial charge in [-0.3, -0.25) is 9.59 Å². The molecule has 0 saturated heterocycles. The van der Waals surface area contributed by atoms with Gasteiger partial charge in [0.2, 0.25) is 0 Å². The lowest BCUT2D eigenvalue weighted by atomic mass is 10.0. The molecule has 5 nitrogen and oxygen atoms in total. The normalized spacial score (nSPS) is 12.3. The third-order valence-corrected chi connectivity index (χ3v) is 5.44. The summed E-state index contributed by atoms with van der Waals surface area (Å²) in [7, 11) is 1.57. The molecule has 0 unspecified atom stereocenters. The van der Waals surface area contributed by atoms with Gasteiger partial charge in [0.25, 0.3) is 5.56 Å². The van der Waals surface area contributed by atoms with Crippen molar-refractivity contribution in [1.29, 1.82) is 0 Å². The number of ether oxygens (including phenoxy) is 1. The SMILES string of the molecule is COc1ccc2c(c1)C(=O)c1c-2n(CCCN)c(=O)c2cc(I)ccc12. The fourth-order valence-corrected chi connectivity index (χ4v) is 4.06. The first-order valence-electron chi connectivity index (χ1n) is 8.36. The number of hydrogen-bond donors (Lipinski definition) is 1. The first kappa shape index (κ1) is 17.2. The van der Waals surface area contributed by atoms with Gasteiger partial charge >= 0.3 is 0 Å². The molecule has 3 aromatic rings. The van der Waals surface area contributed by atoms with Gasteiger partial charge in [-0.15, -0.1) is 0 Å². The van der Waals surface area contributed by atoms with Gasteiger partial charge < -0.3 is 15.0 Å². The number of pyridine rings is 1. The van der Waals surface area contributed by atoms with E-state index in [-0.39, 0.29) is 11.3 Å². The Balaban J connectivity index is 2.12. The second-order valence-electron chi connectivity index (χ2n) is 6.25. The van der Waals surface area contributed by atoms with E-state index in [1.165, 1.54) is 0 Å². The van der Waals surface area contributed by atoms with Gasteiger partial charge in [0.1, 0.15) is 5.75 Å². The molecule has 6 heteroatoms. The molecule has 26 heavy (non-hydrogen) atoms. The zero-order valence-electron chi connectivity index (χ0n) is 14.2. The van der Waals surface area contributed by atoms with Crippen LogP contribution in [0.3, 0.4) is 0 Å². The van der Waals surface area contributed by atoms with Crippen molar-refractivity contribution in [3.63, 3.8) is 0 Å². The van der Waals surface area contributed by atoms with Gasteiger partial charge in [-0.05, 0) is 65.9 Å². The summed E-state index contributed by atoms with van der Waals surface area (Å²) in [6, 6.07) is 11.0. The predicted molar refractivity (Wildman–Crippen MR) is 110 cm³/mol. The summed E-state index contributed by atoms with van der Waals surface area (Å²) >= 11 is 2.18. The van der Waals surface area contributed by atoms with Crippen molar-refractivity contribution in [2.45, 2.75) is 13.0 Å². The number of aromatic nitrogens is 1. The molecule has 4 rings (SSSR count). The van der Waals surface area contributed by atoms with Crippen molar-refractivity contribution in [2.75, 3.05) is 13.7 Å². The van der Waals surface area contributed by atoms with Crippen molar-refractivity contribution in [2.24, 2.45) is 5.73 Å². The lowest BCUT2D eigenvalue weighted by molar-refractivity contribution is 0.104. The minimum absolute atomic E-state index is 0.0680. The second-order valence-corrected chi connectivity index (χ2v) is 7.50. The minimum atomic E-state index is -0.0813. The summed E-state index contributed by atoms with van der Waals surface area (Å²) in [5, 5.41) is 1.27. The molecular weight excluding hydrogens is 443 g/mol. The van der Waals surface area contributed by atoms with Crippen LogP contribution in [0, 0.1) is 3.57 Å². The Hall–Kier alpha value is -2.19. The number of carbonyl (C=O) groups excluding carboxylic acids is 1. The highest BCUT2D eigenvalue weighted by Crippen LogP contribution is 2.40. The van der Waals surface area contributed by atoms with Crippen LogP contribution >= 0.6 is 22.6 Å². The summed E-state index contributed by atoms with van der Waals surface area (Å²) in [6.07, 6.45) is 0.668. The number of hydrogen-bond acceptors (Lipinski definition) is 4. The number of nitrogens with two attached hydrogens (primary N) is 1. The Bertz CT molecular complexity index is 1120. The number of fused-ring (bicyclic) bond motifs is 5. The molecule has 0 radical (unpaired) electrons. The van der Waals surface area contributed by atoms with Gasteiger partial charge in [-0.1, -0.05) is 6.07 Å². The Kier molecular flexibility index (Phi) is 4.32. The second kappa shape index (κ2) is 6.51. The monoisotopic (exact) mass is 460 g/mol. The Morgan fingerprint density at radius 2 is 1.88 bits per heavy atom. The predicted octanol–water partition coefficient (Wildman–Crippen LogP) is 3.17. The Morgan fingerprint density at radius 1 is 1.08 bits per heavy atom. The van der Waals surface area contributed by atoms with E-state index in [1.807, 2.05) is 30.3 Å². The van der Waals surface area contributed by atoms with Crippen LogP contribution in [0.4, 0.5) is 0 Å². The molecule has 1 aliphatic carbocycles. The van der Waals surface area contributed by atoms with Gasteiger partial charge in [-0.2, -0.15) is 0 Å². The first-order chi connectivity index (χ1) is 12.6. The maximum Gasteiger partial charge on any atom is 0.258 e. The molecule has 1 aromatic heterocycles. The van der Waals surface area contributed by atoms with Gasteiger partial charge in [0.15, 0.2) is 5.78 Å². The van der Waals surface area contributed by atoms with E-state index in [0.717, 1.165) is 9.13 Å². The van der Waals surface area contributed by atoms with Crippen molar-refractivity contribution in [3.05, 3.63) is 61.4 Å². The van der Waals surface area contributed by atoms with Crippen molar-refractivity contribution >= 4 is 39.1 Å². The lowest BCUT2D eigenvalue weighted by Crippen LogP contribution is -2.24. The molecule has 0 bridgehead atoms. The van der Waals surface area contributed by atoms with Crippen LogP contribution in [0.25, 0.3) is 22.0 Å². The van der Waals surface area contributed by atoms with Crippen LogP contribution in [0.1, 0.15) is 22.3 Å². The van der Waals surface area contributed by atoms with E-state index in [2.05, 4.69) is 22.6 Å². The first-order valence-corrected chi connectivity index (χ1v) is 9.44. The number of carbonyl (C=O) groups is 1. The summed E-state index contributed by atoms with van der Waals surface area (Å²) in [6.45, 7) is 0.965. The maximum absolute atomic E-state index is 13.2. The fraction of sp³-hybridized carbons (Fsp3) is 0.200. The van der Waals surface area contributed by atoms with Crippen LogP contribution in [0.2, 0.25) is 0 Å². The topological polar surface area (TPSA) is 74.3 Å². The highest BCUT2D eigenvalue weighted by Gasteiger charge is 2.32. The molecule has 0 fully saturated rings. The highest BCUT2D eigenvalue weighted by molar-refractivity contribution is 14.1. The molecule has 0 saturated carbocycles. The van der Waals surface area contributed by atoms with Crippen LogP contribution in [0.15, 0.2) is 41.2 Å². The zero-order valence-corrected chi connectivity index (χ0v) is 16.4. The largest absolute Gasteiger partial charge is 0.497 e. The number of ketones is 1. The standard InChI is InChI=1S/C20H17IN2O3/c1-26-12-4-6-14-15(10-12)19(24)17-13-5-3-11(21)9-16(13)20(25)23(18(14)17)8-2-7-22/h3-6,9-10H,2,7-8,22H2,1H3. The van der Waals surface area contributed by atoms with E-state index in [1.54, 1.807) is 17.7 Å². The molecule has 2 N–H and O–H groups in total. The quantitative estimate of drug-likeness (QED) is 0.475. The van der Waals surface area contributed by atoms with Crippen molar-refractivity contribution in [3.8, 4) is 17.0 Å². The average molecular weight is 460 g/mol. The van der Waals surface area contributed by atoms with Crippen LogP contribution < -0.4 is 16.0 Å².